The Bertz CT molecular complexity index is 209. The molecule has 2 heteroatoms. The van der Waals surface area contributed by atoms with Crippen molar-refractivity contribution in [1.29, 1.82) is 0 Å². The van der Waals surface area contributed by atoms with E-state index in [2.05, 4.69) is 17.1 Å². The third-order valence-electron chi connectivity index (χ3n) is 4.84. The molecule has 1 N–H and O–H groups in total. The van der Waals surface area contributed by atoms with Crippen molar-refractivity contribution < 1.29 is 0 Å². The van der Waals surface area contributed by atoms with E-state index in [1.54, 1.807) is 0 Å². The second-order valence-electron chi connectivity index (χ2n) is 6.27. The molecule has 1 saturated heterocycles. The van der Waals surface area contributed by atoms with Crippen molar-refractivity contribution >= 4 is 0 Å². The van der Waals surface area contributed by atoms with Crippen LogP contribution in [0, 0.1) is 0 Å². The maximum Gasteiger partial charge on any atom is 0.00823 e. The predicted molar refractivity (Wildman–Crippen MR) is 79.0 cm³/mol. The molecule has 2 nitrogen and oxygen atoms in total. The minimum atomic E-state index is 0.797. The average Bonchev–Trinajstić information content (AvgIpc) is 2.57. The van der Waals surface area contributed by atoms with Gasteiger partial charge in [-0.05, 0) is 51.7 Å². The van der Waals surface area contributed by atoms with Gasteiger partial charge in [-0.1, -0.05) is 39.0 Å². The minimum absolute atomic E-state index is 0.797. The molecule has 2 aliphatic rings. The van der Waals surface area contributed by atoms with E-state index >= 15 is 0 Å². The van der Waals surface area contributed by atoms with E-state index in [1.807, 2.05) is 0 Å². The lowest BCUT2D eigenvalue weighted by atomic mass is 9.95. The zero-order valence-electron chi connectivity index (χ0n) is 12.3. The smallest absolute Gasteiger partial charge is 0.00823 e. The maximum absolute atomic E-state index is 3.98. The van der Waals surface area contributed by atoms with Gasteiger partial charge in [-0.25, -0.2) is 0 Å². The first-order valence-electron chi connectivity index (χ1n) is 8.37. The molecule has 1 aliphatic heterocycles. The first kappa shape index (κ1) is 14.3. The summed E-state index contributed by atoms with van der Waals surface area (Å²) in [5.74, 6) is 0. The summed E-state index contributed by atoms with van der Waals surface area (Å²) in [5, 5.41) is 3.98. The molecule has 106 valence electrons. The van der Waals surface area contributed by atoms with Gasteiger partial charge in [-0.15, -0.1) is 0 Å². The highest BCUT2D eigenvalue weighted by atomic mass is 15.1. The van der Waals surface area contributed by atoms with Crippen molar-refractivity contribution in [2.45, 2.75) is 83.2 Å². The Morgan fingerprint density at radius 1 is 0.778 bits per heavy atom. The summed E-state index contributed by atoms with van der Waals surface area (Å²) in [6.07, 6.45) is 14.3. The van der Waals surface area contributed by atoms with Crippen molar-refractivity contribution in [3.8, 4) is 0 Å². The molecule has 1 saturated carbocycles. The van der Waals surface area contributed by atoms with E-state index in [1.165, 1.54) is 83.8 Å². The lowest BCUT2D eigenvalue weighted by Crippen LogP contribution is -2.39. The lowest BCUT2D eigenvalue weighted by Gasteiger charge is -2.26. The van der Waals surface area contributed by atoms with E-state index in [-0.39, 0.29) is 0 Å². The highest BCUT2D eigenvalue weighted by Crippen LogP contribution is 2.19. The molecule has 0 aromatic rings. The third-order valence-corrected chi connectivity index (χ3v) is 4.84. The maximum atomic E-state index is 3.98. The first-order valence-corrected chi connectivity index (χ1v) is 8.37. The van der Waals surface area contributed by atoms with Gasteiger partial charge in [0.15, 0.2) is 0 Å². The van der Waals surface area contributed by atoms with Crippen LogP contribution in [0.3, 0.4) is 0 Å². The van der Waals surface area contributed by atoms with Crippen LogP contribution in [0.2, 0.25) is 0 Å². The Hall–Kier alpha value is -0.0800. The summed E-state index contributed by atoms with van der Waals surface area (Å²) < 4.78 is 0. The van der Waals surface area contributed by atoms with Crippen LogP contribution in [0.1, 0.15) is 71.1 Å². The molecule has 2 rings (SSSR count). The largest absolute Gasteiger partial charge is 0.311 e. The van der Waals surface area contributed by atoms with Crippen LogP contribution in [0.15, 0.2) is 0 Å². The molecule has 0 radical (unpaired) electrons. The van der Waals surface area contributed by atoms with Crippen LogP contribution in [0.5, 0.6) is 0 Å². The van der Waals surface area contributed by atoms with Gasteiger partial charge >= 0.3 is 0 Å². The fraction of sp³-hybridized carbons (Fsp3) is 1.00. The van der Waals surface area contributed by atoms with Crippen molar-refractivity contribution in [3.63, 3.8) is 0 Å². The summed E-state index contributed by atoms with van der Waals surface area (Å²) in [6, 6.07) is 1.62. The van der Waals surface area contributed by atoms with Gasteiger partial charge in [-0.2, -0.15) is 0 Å². The molecular formula is C16H32N2. The molecule has 1 atom stereocenters. The summed E-state index contributed by atoms with van der Waals surface area (Å²) >= 11 is 0. The predicted octanol–water partition coefficient (Wildman–Crippen LogP) is 3.56. The number of hydrogen-bond acceptors (Lipinski definition) is 2. The summed E-state index contributed by atoms with van der Waals surface area (Å²) in [6.45, 7) is 6.15. The van der Waals surface area contributed by atoms with Crippen LogP contribution in [0.4, 0.5) is 0 Å². The first-order chi connectivity index (χ1) is 8.88. The molecular weight excluding hydrogens is 220 g/mol. The molecule has 0 aromatic heterocycles. The average molecular weight is 252 g/mol. The van der Waals surface area contributed by atoms with Crippen LogP contribution in [0.25, 0.3) is 0 Å². The number of hydrogen-bond donors (Lipinski definition) is 1. The zero-order valence-corrected chi connectivity index (χ0v) is 12.3. The summed E-state index contributed by atoms with van der Waals surface area (Å²) in [4.78, 5) is 2.61. The van der Waals surface area contributed by atoms with Crippen molar-refractivity contribution in [2.24, 2.45) is 0 Å². The number of rotatable bonds is 3. The van der Waals surface area contributed by atoms with Gasteiger partial charge in [0.2, 0.25) is 0 Å². The van der Waals surface area contributed by atoms with Crippen molar-refractivity contribution in [1.82, 2.24) is 10.2 Å². The Kier molecular flexibility index (Phi) is 6.50. The van der Waals surface area contributed by atoms with Crippen LogP contribution in [-0.2, 0) is 0 Å². The SMILES string of the molecule is CCN1CCCC(NC2CCCCCCC2)CC1. The second-order valence-corrected chi connectivity index (χ2v) is 6.27. The number of likely N-dealkylation sites (tertiary alicyclic amines) is 1. The molecule has 2 fully saturated rings. The quantitative estimate of drug-likeness (QED) is 0.826. The van der Waals surface area contributed by atoms with E-state index in [0.717, 1.165) is 12.1 Å². The van der Waals surface area contributed by atoms with Crippen molar-refractivity contribution in [2.75, 3.05) is 19.6 Å². The van der Waals surface area contributed by atoms with E-state index < -0.39 is 0 Å². The Morgan fingerprint density at radius 2 is 1.39 bits per heavy atom. The monoisotopic (exact) mass is 252 g/mol. The van der Waals surface area contributed by atoms with E-state index in [4.69, 9.17) is 0 Å². The van der Waals surface area contributed by atoms with Gasteiger partial charge in [-0.3, -0.25) is 0 Å². The minimum Gasteiger partial charge on any atom is -0.311 e. The topological polar surface area (TPSA) is 15.3 Å². The van der Waals surface area contributed by atoms with Crippen molar-refractivity contribution in [3.05, 3.63) is 0 Å². The number of nitrogens with zero attached hydrogens (tertiary/aromatic N) is 1. The summed E-state index contributed by atoms with van der Waals surface area (Å²) in [7, 11) is 0. The fourth-order valence-corrected chi connectivity index (χ4v) is 3.59. The highest BCUT2D eigenvalue weighted by Gasteiger charge is 2.19. The van der Waals surface area contributed by atoms with Gasteiger partial charge < -0.3 is 10.2 Å². The normalized spacial score (nSPS) is 29.5. The third kappa shape index (κ3) is 4.89. The molecule has 18 heavy (non-hydrogen) atoms. The second kappa shape index (κ2) is 8.16. The van der Waals surface area contributed by atoms with Gasteiger partial charge in [0.05, 0.1) is 0 Å². The molecule has 0 amide bonds. The lowest BCUT2D eigenvalue weighted by molar-refractivity contribution is 0.290. The molecule has 1 heterocycles. The molecule has 0 bridgehead atoms. The zero-order chi connectivity index (χ0) is 12.6. The fourth-order valence-electron chi connectivity index (χ4n) is 3.59. The highest BCUT2D eigenvalue weighted by molar-refractivity contribution is 4.79. The molecule has 1 aliphatic carbocycles. The van der Waals surface area contributed by atoms with Crippen LogP contribution < -0.4 is 5.32 Å². The Labute approximate surface area is 114 Å². The summed E-state index contributed by atoms with van der Waals surface area (Å²) in [5.41, 5.74) is 0. The molecule has 0 spiro atoms. The standard InChI is InChI=1S/C16H32N2/c1-2-18-13-8-11-16(12-14-18)17-15-9-6-4-3-5-7-10-15/h15-17H,2-14H2,1H3. The molecule has 0 aromatic carbocycles. The number of nitrogens with one attached hydrogen (secondary N) is 1. The van der Waals surface area contributed by atoms with Crippen LogP contribution in [-0.4, -0.2) is 36.6 Å². The molecule has 1 unspecified atom stereocenters. The van der Waals surface area contributed by atoms with Gasteiger partial charge in [0.25, 0.3) is 0 Å². The van der Waals surface area contributed by atoms with Crippen LogP contribution >= 0.6 is 0 Å². The Morgan fingerprint density at radius 3 is 2.11 bits per heavy atom. The van der Waals surface area contributed by atoms with Gasteiger partial charge in [0, 0.05) is 12.1 Å². The van der Waals surface area contributed by atoms with E-state index in [9.17, 15) is 0 Å². The Balaban J connectivity index is 1.73. The van der Waals surface area contributed by atoms with E-state index in [0.29, 0.717) is 0 Å². The van der Waals surface area contributed by atoms with Gasteiger partial charge in [0.1, 0.15) is 0 Å².